The number of unbranched alkanes of at least 4 members (excludes halogenated alkanes) is 1. The van der Waals surface area contributed by atoms with E-state index >= 15 is 0 Å². The van der Waals surface area contributed by atoms with Crippen molar-refractivity contribution < 1.29 is 30.9 Å². The highest BCUT2D eigenvalue weighted by Gasteiger charge is 2.50. The van der Waals surface area contributed by atoms with Crippen LogP contribution in [-0.2, 0) is 14.3 Å². The molecule has 0 unspecified atom stereocenters. The first-order chi connectivity index (χ1) is 7.72. The lowest BCUT2D eigenvalue weighted by Gasteiger charge is -2.15. The molecule has 0 aliphatic heterocycles. The zero-order valence-electron chi connectivity index (χ0n) is 9.16. The van der Waals surface area contributed by atoms with Crippen molar-refractivity contribution in [1.82, 2.24) is 0 Å². The number of hydrogen-bond acceptors (Lipinski definition) is 4. The van der Waals surface area contributed by atoms with Gasteiger partial charge in [0.2, 0.25) is 0 Å². The van der Waals surface area contributed by atoms with Crippen molar-refractivity contribution in [3.8, 4) is 0 Å². The minimum atomic E-state index is -5.47. The molecular formula is C9H15F3O4S. The Morgan fingerprint density at radius 1 is 1.24 bits per heavy atom. The molecule has 1 aliphatic carbocycles. The predicted molar refractivity (Wildman–Crippen MR) is 53.5 cm³/mol. The first kappa shape index (κ1) is 14.7. The number of aliphatic hydroxyl groups excluding tert-OH is 1. The summed E-state index contributed by atoms with van der Waals surface area (Å²) in [6.07, 6.45) is 3.15. The molecule has 0 spiro atoms. The average Bonchev–Trinajstić information content (AvgIpc) is 2.95. The van der Waals surface area contributed by atoms with E-state index in [1.165, 1.54) is 0 Å². The molecule has 0 bridgehead atoms. The zero-order valence-corrected chi connectivity index (χ0v) is 9.98. The maximum Gasteiger partial charge on any atom is 0.523 e. The van der Waals surface area contributed by atoms with E-state index < -0.39 is 27.6 Å². The van der Waals surface area contributed by atoms with Crippen LogP contribution < -0.4 is 0 Å². The summed E-state index contributed by atoms with van der Waals surface area (Å²) in [7, 11) is -5.47. The number of aliphatic hydroxyl groups is 1. The summed E-state index contributed by atoms with van der Waals surface area (Å²) in [5.41, 5.74) is -5.79. The SMILES string of the molecule is O=S(=O)(OCC1(CCCCO)CC1)C(F)(F)F. The van der Waals surface area contributed by atoms with Gasteiger partial charge in [-0.05, 0) is 31.1 Å². The van der Waals surface area contributed by atoms with E-state index in [2.05, 4.69) is 4.18 Å². The van der Waals surface area contributed by atoms with Crippen molar-refractivity contribution in [3.05, 3.63) is 0 Å². The Morgan fingerprint density at radius 3 is 2.24 bits per heavy atom. The Balaban J connectivity index is 2.41. The predicted octanol–water partition coefficient (Wildman–Crippen LogP) is 1.80. The molecule has 1 N–H and O–H groups in total. The average molecular weight is 276 g/mol. The Hall–Kier alpha value is -0.340. The molecule has 0 aromatic carbocycles. The molecular weight excluding hydrogens is 261 g/mol. The summed E-state index contributed by atoms with van der Waals surface area (Å²) in [5.74, 6) is 0. The van der Waals surface area contributed by atoms with Crippen molar-refractivity contribution in [1.29, 1.82) is 0 Å². The summed E-state index contributed by atoms with van der Waals surface area (Å²) in [6.45, 7) is -0.391. The van der Waals surface area contributed by atoms with Gasteiger partial charge in [-0.2, -0.15) is 21.6 Å². The van der Waals surface area contributed by atoms with E-state index in [4.69, 9.17) is 5.11 Å². The topological polar surface area (TPSA) is 63.6 Å². The van der Waals surface area contributed by atoms with Crippen molar-refractivity contribution in [3.63, 3.8) is 0 Å². The first-order valence-corrected chi connectivity index (χ1v) is 6.70. The second-order valence-corrected chi connectivity index (χ2v) is 5.95. The number of hydrogen-bond donors (Lipinski definition) is 1. The van der Waals surface area contributed by atoms with E-state index in [0.29, 0.717) is 32.1 Å². The van der Waals surface area contributed by atoms with Gasteiger partial charge in [0.25, 0.3) is 0 Å². The monoisotopic (exact) mass is 276 g/mol. The van der Waals surface area contributed by atoms with Crippen LogP contribution >= 0.6 is 0 Å². The van der Waals surface area contributed by atoms with Crippen LogP contribution in [-0.4, -0.2) is 32.2 Å². The minimum absolute atomic E-state index is 0.0256. The van der Waals surface area contributed by atoms with Crippen molar-refractivity contribution in [2.45, 2.75) is 37.6 Å². The number of halogens is 3. The molecule has 0 aromatic rings. The fourth-order valence-electron chi connectivity index (χ4n) is 1.52. The van der Waals surface area contributed by atoms with Crippen molar-refractivity contribution in [2.75, 3.05) is 13.2 Å². The van der Waals surface area contributed by atoms with Crippen molar-refractivity contribution >= 4 is 10.1 Å². The summed E-state index contributed by atoms with van der Waals surface area (Å²) < 4.78 is 61.3. The quantitative estimate of drug-likeness (QED) is 0.437. The maximum atomic E-state index is 12.0. The second kappa shape index (κ2) is 5.11. The Kier molecular flexibility index (Phi) is 4.43. The van der Waals surface area contributed by atoms with E-state index in [1.54, 1.807) is 0 Å². The summed E-state index contributed by atoms with van der Waals surface area (Å²) in [5, 5.41) is 8.57. The van der Waals surface area contributed by atoms with E-state index in [-0.39, 0.29) is 6.61 Å². The molecule has 0 amide bonds. The number of rotatable bonds is 7. The fourth-order valence-corrected chi connectivity index (χ4v) is 2.06. The summed E-state index contributed by atoms with van der Waals surface area (Å²) in [4.78, 5) is 0. The molecule has 17 heavy (non-hydrogen) atoms. The standard InChI is InChI=1S/C9H15F3O4S/c10-9(11,12)17(14,15)16-7-8(4-5-8)3-1-2-6-13/h13H,1-7H2. The third kappa shape index (κ3) is 4.11. The normalized spacial score (nSPS) is 19.3. The summed E-state index contributed by atoms with van der Waals surface area (Å²) in [6, 6.07) is 0. The van der Waals surface area contributed by atoms with Crippen LogP contribution in [0.3, 0.4) is 0 Å². The van der Waals surface area contributed by atoms with Gasteiger partial charge in [-0.1, -0.05) is 6.42 Å². The lowest BCUT2D eigenvalue weighted by molar-refractivity contribution is -0.0554. The van der Waals surface area contributed by atoms with Crippen LogP contribution in [0.1, 0.15) is 32.1 Å². The Morgan fingerprint density at radius 2 is 1.82 bits per heavy atom. The maximum absolute atomic E-state index is 12.0. The van der Waals surface area contributed by atoms with Crippen LogP contribution in [0.2, 0.25) is 0 Å². The molecule has 1 aliphatic rings. The molecule has 1 fully saturated rings. The molecule has 4 nitrogen and oxygen atoms in total. The molecule has 0 atom stereocenters. The molecule has 1 saturated carbocycles. The second-order valence-electron chi connectivity index (χ2n) is 4.34. The molecule has 0 radical (unpaired) electrons. The van der Waals surface area contributed by atoms with Gasteiger partial charge < -0.3 is 5.11 Å². The lowest BCUT2D eigenvalue weighted by atomic mass is 10.0. The Labute approximate surface area is 97.9 Å². The van der Waals surface area contributed by atoms with E-state index in [0.717, 1.165) is 0 Å². The van der Waals surface area contributed by atoms with Gasteiger partial charge >= 0.3 is 15.6 Å². The Bertz CT molecular complexity index is 346. The minimum Gasteiger partial charge on any atom is -0.396 e. The van der Waals surface area contributed by atoms with Gasteiger partial charge in [-0.3, -0.25) is 4.18 Å². The van der Waals surface area contributed by atoms with E-state index in [9.17, 15) is 21.6 Å². The highest BCUT2D eigenvalue weighted by Crippen LogP contribution is 2.50. The fraction of sp³-hybridized carbons (Fsp3) is 1.00. The first-order valence-electron chi connectivity index (χ1n) is 5.29. The molecule has 102 valence electrons. The molecule has 8 heteroatoms. The van der Waals surface area contributed by atoms with Gasteiger partial charge in [-0.15, -0.1) is 0 Å². The third-order valence-corrected chi connectivity index (χ3v) is 3.87. The lowest BCUT2D eigenvalue weighted by Crippen LogP contribution is -2.28. The summed E-state index contributed by atoms with van der Waals surface area (Å²) >= 11 is 0. The molecule has 0 aromatic heterocycles. The van der Waals surface area contributed by atoms with Crippen LogP contribution in [0.15, 0.2) is 0 Å². The molecule has 0 saturated heterocycles. The van der Waals surface area contributed by atoms with Gasteiger partial charge in [0.05, 0.1) is 6.61 Å². The third-order valence-electron chi connectivity index (χ3n) is 2.88. The smallest absolute Gasteiger partial charge is 0.396 e. The molecule has 0 heterocycles. The van der Waals surface area contributed by atoms with Crippen molar-refractivity contribution in [2.24, 2.45) is 5.41 Å². The van der Waals surface area contributed by atoms with Gasteiger partial charge in [-0.25, -0.2) is 0 Å². The number of alkyl halides is 3. The van der Waals surface area contributed by atoms with E-state index in [1.807, 2.05) is 0 Å². The van der Waals surface area contributed by atoms with Gasteiger partial charge in [0.1, 0.15) is 0 Å². The zero-order chi connectivity index (χ0) is 13.2. The molecule has 1 rings (SSSR count). The van der Waals surface area contributed by atoms with Crippen LogP contribution in [0.25, 0.3) is 0 Å². The van der Waals surface area contributed by atoms with Crippen LogP contribution in [0, 0.1) is 5.41 Å². The van der Waals surface area contributed by atoms with Crippen LogP contribution in [0.5, 0.6) is 0 Å². The van der Waals surface area contributed by atoms with Gasteiger partial charge in [0, 0.05) is 6.61 Å². The van der Waals surface area contributed by atoms with Gasteiger partial charge in [0.15, 0.2) is 0 Å². The largest absolute Gasteiger partial charge is 0.523 e. The van der Waals surface area contributed by atoms with Crippen LogP contribution in [0.4, 0.5) is 13.2 Å². The highest BCUT2D eigenvalue weighted by atomic mass is 32.2. The highest BCUT2D eigenvalue weighted by molar-refractivity contribution is 7.87.